The number of benzene rings is 1. The van der Waals surface area contributed by atoms with Gasteiger partial charge in [0.25, 0.3) is 0 Å². The highest BCUT2D eigenvalue weighted by atomic mass is 35.5. The first-order valence-electron chi connectivity index (χ1n) is 4.03. The number of anilines is 1. The number of hydrogen-bond acceptors (Lipinski definition) is 2. The summed E-state index contributed by atoms with van der Waals surface area (Å²) in [6, 6.07) is 0.806. The molecule has 1 aromatic rings. The standard InChI is InChI=1S/C9H6ClF2NO3/c1-3(14)13-5-2-4(10)7(11)6(8(5)12)9(15)16/h2H,1H3,(H,13,14)(H,15,16). The van der Waals surface area contributed by atoms with E-state index in [0.29, 0.717) is 0 Å². The summed E-state index contributed by atoms with van der Waals surface area (Å²) in [5.74, 6) is -5.17. The maximum absolute atomic E-state index is 13.4. The highest BCUT2D eigenvalue weighted by Gasteiger charge is 2.23. The van der Waals surface area contributed by atoms with Crippen molar-refractivity contribution in [1.29, 1.82) is 0 Å². The maximum atomic E-state index is 13.4. The van der Waals surface area contributed by atoms with Crippen LogP contribution in [0.15, 0.2) is 6.07 Å². The van der Waals surface area contributed by atoms with E-state index < -0.39 is 39.8 Å². The predicted octanol–water partition coefficient (Wildman–Crippen LogP) is 2.27. The minimum Gasteiger partial charge on any atom is -0.477 e. The number of amides is 1. The molecule has 0 heterocycles. The molecular formula is C9H6ClF2NO3. The summed E-state index contributed by atoms with van der Waals surface area (Å²) in [7, 11) is 0. The second kappa shape index (κ2) is 4.44. The molecule has 0 aliphatic carbocycles. The van der Waals surface area contributed by atoms with Gasteiger partial charge < -0.3 is 10.4 Å². The lowest BCUT2D eigenvalue weighted by Gasteiger charge is -2.08. The Kier molecular flexibility index (Phi) is 3.44. The molecule has 7 heteroatoms. The zero-order valence-electron chi connectivity index (χ0n) is 7.97. The highest BCUT2D eigenvalue weighted by Crippen LogP contribution is 2.28. The van der Waals surface area contributed by atoms with Crippen molar-refractivity contribution >= 4 is 29.2 Å². The largest absolute Gasteiger partial charge is 0.477 e. The van der Waals surface area contributed by atoms with Crippen LogP contribution in [0.4, 0.5) is 14.5 Å². The van der Waals surface area contributed by atoms with Crippen molar-refractivity contribution < 1.29 is 23.5 Å². The van der Waals surface area contributed by atoms with Crippen LogP contribution in [0.1, 0.15) is 17.3 Å². The van der Waals surface area contributed by atoms with Gasteiger partial charge in [0.1, 0.15) is 5.56 Å². The van der Waals surface area contributed by atoms with Crippen LogP contribution in [0, 0.1) is 11.6 Å². The lowest BCUT2D eigenvalue weighted by atomic mass is 10.1. The first-order chi connectivity index (χ1) is 7.34. The summed E-state index contributed by atoms with van der Waals surface area (Å²) < 4.78 is 26.6. The first kappa shape index (κ1) is 12.4. The van der Waals surface area contributed by atoms with E-state index in [9.17, 15) is 18.4 Å². The molecule has 0 saturated carbocycles. The minimum atomic E-state index is -1.80. The Hall–Kier alpha value is -1.69. The molecule has 4 nitrogen and oxygen atoms in total. The third-order valence-corrected chi connectivity index (χ3v) is 1.96. The lowest BCUT2D eigenvalue weighted by molar-refractivity contribution is -0.114. The molecule has 1 rings (SSSR count). The number of hydrogen-bond donors (Lipinski definition) is 2. The van der Waals surface area contributed by atoms with Gasteiger partial charge in [-0.3, -0.25) is 4.79 Å². The van der Waals surface area contributed by atoms with Gasteiger partial charge in [-0.15, -0.1) is 0 Å². The van der Waals surface area contributed by atoms with Gasteiger partial charge >= 0.3 is 5.97 Å². The summed E-state index contributed by atoms with van der Waals surface area (Å²) in [6.07, 6.45) is 0. The average Bonchev–Trinajstić information content (AvgIpc) is 2.13. The van der Waals surface area contributed by atoms with E-state index >= 15 is 0 Å². The number of carboxylic acid groups (broad SMARTS) is 1. The van der Waals surface area contributed by atoms with Gasteiger partial charge in [0.2, 0.25) is 5.91 Å². The van der Waals surface area contributed by atoms with E-state index in [2.05, 4.69) is 0 Å². The topological polar surface area (TPSA) is 66.4 Å². The quantitative estimate of drug-likeness (QED) is 0.790. The number of nitrogens with one attached hydrogen (secondary N) is 1. The Balaban J connectivity index is 3.44. The van der Waals surface area contributed by atoms with Gasteiger partial charge in [-0.25, -0.2) is 13.6 Å². The van der Waals surface area contributed by atoms with E-state index in [1.807, 2.05) is 5.32 Å². The Morgan fingerprint density at radius 2 is 1.94 bits per heavy atom. The van der Waals surface area contributed by atoms with Gasteiger partial charge in [-0.2, -0.15) is 0 Å². The number of rotatable bonds is 2. The van der Waals surface area contributed by atoms with Crippen LogP contribution < -0.4 is 5.32 Å². The Bertz CT molecular complexity index is 476. The van der Waals surface area contributed by atoms with Crippen molar-refractivity contribution in [1.82, 2.24) is 0 Å². The fraction of sp³-hybridized carbons (Fsp3) is 0.111. The SMILES string of the molecule is CC(=O)Nc1cc(Cl)c(F)c(C(=O)O)c1F. The van der Waals surface area contributed by atoms with Gasteiger partial charge in [0, 0.05) is 6.92 Å². The fourth-order valence-corrected chi connectivity index (χ4v) is 1.28. The van der Waals surface area contributed by atoms with Crippen molar-refractivity contribution in [2.24, 2.45) is 0 Å². The smallest absolute Gasteiger partial charge is 0.341 e. The predicted molar refractivity (Wildman–Crippen MR) is 52.6 cm³/mol. The zero-order chi connectivity index (χ0) is 12.5. The maximum Gasteiger partial charge on any atom is 0.341 e. The number of carbonyl (C=O) groups excluding carboxylic acids is 1. The Morgan fingerprint density at radius 3 is 2.38 bits per heavy atom. The second-order valence-electron chi connectivity index (χ2n) is 2.90. The molecule has 0 spiro atoms. The van der Waals surface area contributed by atoms with Crippen LogP contribution in [0.3, 0.4) is 0 Å². The number of carbonyl (C=O) groups is 2. The van der Waals surface area contributed by atoms with Crippen LogP contribution in [0.25, 0.3) is 0 Å². The molecule has 0 unspecified atom stereocenters. The summed E-state index contributed by atoms with van der Waals surface area (Å²) in [6.45, 7) is 1.09. The van der Waals surface area contributed by atoms with Crippen molar-refractivity contribution in [2.45, 2.75) is 6.92 Å². The Labute approximate surface area is 93.8 Å². The molecule has 1 aromatic carbocycles. The molecule has 16 heavy (non-hydrogen) atoms. The normalized spacial score (nSPS) is 10.0. The summed E-state index contributed by atoms with van der Waals surface area (Å²) in [4.78, 5) is 21.3. The molecule has 0 bridgehead atoms. The third kappa shape index (κ3) is 2.27. The second-order valence-corrected chi connectivity index (χ2v) is 3.30. The van der Waals surface area contributed by atoms with E-state index in [4.69, 9.17) is 16.7 Å². The number of halogens is 3. The molecular weight excluding hydrogens is 244 g/mol. The fourth-order valence-electron chi connectivity index (χ4n) is 1.07. The van der Waals surface area contributed by atoms with E-state index in [1.54, 1.807) is 0 Å². The summed E-state index contributed by atoms with van der Waals surface area (Å²) >= 11 is 5.36. The molecule has 0 aliphatic heterocycles. The van der Waals surface area contributed by atoms with Crippen molar-refractivity contribution in [3.8, 4) is 0 Å². The number of carboxylic acids is 1. The third-order valence-electron chi connectivity index (χ3n) is 1.68. The molecule has 0 saturated heterocycles. The van der Waals surface area contributed by atoms with Crippen LogP contribution in [0.5, 0.6) is 0 Å². The molecule has 0 fully saturated rings. The summed E-state index contributed by atoms with van der Waals surface area (Å²) in [5.41, 5.74) is -1.67. The van der Waals surface area contributed by atoms with Crippen LogP contribution in [-0.2, 0) is 4.79 Å². The molecule has 0 aromatic heterocycles. The van der Waals surface area contributed by atoms with Crippen molar-refractivity contribution in [3.63, 3.8) is 0 Å². The van der Waals surface area contributed by atoms with E-state index in [-0.39, 0.29) is 0 Å². The highest BCUT2D eigenvalue weighted by molar-refractivity contribution is 6.31. The van der Waals surface area contributed by atoms with Gasteiger partial charge in [-0.1, -0.05) is 11.6 Å². The first-order valence-corrected chi connectivity index (χ1v) is 4.40. The lowest BCUT2D eigenvalue weighted by Crippen LogP contribution is -2.12. The average molecular weight is 250 g/mol. The van der Waals surface area contributed by atoms with Crippen molar-refractivity contribution in [2.75, 3.05) is 5.32 Å². The molecule has 0 atom stereocenters. The molecule has 1 amide bonds. The Morgan fingerprint density at radius 1 is 1.38 bits per heavy atom. The van der Waals surface area contributed by atoms with Gasteiger partial charge in [0.05, 0.1) is 10.7 Å². The van der Waals surface area contributed by atoms with Crippen LogP contribution in [0.2, 0.25) is 5.02 Å². The molecule has 2 N–H and O–H groups in total. The minimum absolute atomic E-state index is 0.476. The monoisotopic (exact) mass is 249 g/mol. The number of aromatic carboxylic acids is 1. The van der Waals surface area contributed by atoms with Gasteiger partial charge in [-0.05, 0) is 6.07 Å². The molecule has 0 radical (unpaired) electrons. The van der Waals surface area contributed by atoms with Crippen molar-refractivity contribution in [3.05, 3.63) is 28.3 Å². The van der Waals surface area contributed by atoms with E-state index in [0.717, 1.165) is 13.0 Å². The van der Waals surface area contributed by atoms with Gasteiger partial charge in [0.15, 0.2) is 11.6 Å². The van der Waals surface area contributed by atoms with E-state index in [1.165, 1.54) is 0 Å². The molecule has 0 aliphatic rings. The molecule has 86 valence electrons. The van der Waals surface area contributed by atoms with Crippen LogP contribution in [-0.4, -0.2) is 17.0 Å². The zero-order valence-corrected chi connectivity index (χ0v) is 8.73. The summed E-state index contributed by atoms with van der Waals surface area (Å²) in [5, 5.41) is 10.0. The van der Waals surface area contributed by atoms with Crippen LogP contribution >= 0.6 is 11.6 Å².